The van der Waals surface area contributed by atoms with Crippen LogP contribution in [-0.4, -0.2) is 20.5 Å². The van der Waals surface area contributed by atoms with Crippen LogP contribution in [0, 0.1) is 6.92 Å². The lowest BCUT2D eigenvalue weighted by molar-refractivity contribution is 0.286. The predicted molar refractivity (Wildman–Crippen MR) is 64.5 cm³/mol. The molecule has 1 rings (SSSR count). The molecule has 0 aliphatic carbocycles. The first-order valence-corrected chi connectivity index (χ1v) is 8.30. The van der Waals surface area contributed by atoms with Gasteiger partial charge in [0.1, 0.15) is 0 Å². The molecule has 1 unspecified atom stereocenters. The Morgan fingerprint density at radius 3 is 2.21 bits per heavy atom. The summed E-state index contributed by atoms with van der Waals surface area (Å²) in [6, 6.07) is 8.75. The van der Waals surface area contributed by atoms with Crippen molar-refractivity contribution in [3.63, 3.8) is 0 Å². The molecule has 2 heteroatoms. The molecule has 14 heavy (non-hydrogen) atoms. The number of rotatable bonds is 4. The number of hydrogen-bond donors (Lipinski definition) is 1. The molecule has 1 aromatic carbocycles. The fraction of sp³-hybridized carbons (Fsp3) is 0.500. The number of aliphatic hydroxyl groups is 1. The summed E-state index contributed by atoms with van der Waals surface area (Å²) >= 11 is 0. The highest BCUT2D eigenvalue weighted by molar-refractivity contribution is 6.57. The van der Waals surface area contributed by atoms with Crippen molar-refractivity contribution >= 4 is 8.80 Å². The average molecular weight is 208 g/mol. The van der Waals surface area contributed by atoms with Crippen LogP contribution < -0.4 is 0 Å². The van der Waals surface area contributed by atoms with Crippen molar-refractivity contribution in [3.05, 3.63) is 35.4 Å². The molecule has 1 N–H and O–H groups in total. The molecule has 0 fully saturated rings. The predicted octanol–water partition coefficient (Wildman–Crippen LogP) is 2.49. The standard InChI is InChI=1S/C12H20OSi/c1-10-4-6-11(7-5-10)12(8-9-13)14(2)3/h4-7,12-14H,8-9H2,1-3H3. The Morgan fingerprint density at radius 2 is 1.79 bits per heavy atom. The number of aliphatic hydroxyl groups excluding tert-OH is 1. The van der Waals surface area contributed by atoms with Gasteiger partial charge in [0.25, 0.3) is 0 Å². The average Bonchev–Trinajstić information content (AvgIpc) is 2.15. The minimum Gasteiger partial charge on any atom is -0.396 e. The Balaban J connectivity index is 2.82. The summed E-state index contributed by atoms with van der Waals surface area (Å²) in [5, 5.41) is 9.02. The Hall–Kier alpha value is -0.603. The van der Waals surface area contributed by atoms with Gasteiger partial charge in [-0.1, -0.05) is 42.9 Å². The lowest BCUT2D eigenvalue weighted by Crippen LogP contribution is -2.17. The minimum absolute atomic E-state index is 0.309. The van der Waals surface area contributed by atoms with Gasteiger partial charge in [0.15, 0.2) is 0 Å². The van der Waals surface area contributed by atoms with E-state index in [0.717, 1.165) is 6.42 Å². The maximum atomic E-state index is 9.02. The molecular weight excluding hydrogens is 188 g/mol. The van der Waals surface area contributed by atoms with Crippen molar-refractivity contribution in [1.29, 1.82) is 0 Å². The monoisotopic (exact) mass is 208 g/mol. The zero-order valence-electron chi connectivity index (χ0n) is 9.33. The van der Waals surface area contributed by atoms with Crippen LogP contribution in [-0.2, 0) is 0 Å². The van der Waals surface area contributed by atoms with Crippen LogP contribution in [0.15, 0.2) is 24.3 Å². The minimum atomic E-state index is -0.705. The van der Waals surface area contributed by atoms with Gasteiger partial charge in [-0.3, -0.25) is 0 Å². The van der Waals surface area contributed by atoms with Crippen molar-refractivity contribution < 1.29 is 5.11 Å². The maximum absolute atomic E-state index is 9.02. The van der Waals surface area contributed by atoms with E-state index in [1.54, 1.807) is 0 Å². The smallest absolute Gasteiger partial charge is 0.0434 e. The van der Waals surface area contributed by atoms with E-state index in [2.05, 4.69) is 44.3 Å². The van der Waals surface area contributed by atoms with Gasteiger partial charge in [0.2, 0.25) is 0 Å². The fourth-order valence-electron chi connectivity index (χ4n) is 1.84. The summed E-state index contributed by atoms with van der Waals surface area (Å²) in [6.07, 6.45) is 0.924. The topological polar surface area (TPSA) is 20.2 Å². The third-order valence-electron chi connectivity index (χ3n) is 2.75. The van der Waals surface area contributed by atoms with Crippen molar-refractivity contribution in [2.75, 3.05) is 6.61 Å². The zero-order chi connectivity index (χ0) is 10.6. The fourth-order valence-corrected chi connectivity index (χ4v) is 3.65. The van der Waals surface area contributed by atoms with Gasteiger partial charge < -0.3 is 5.11 Å². The van der Waals surface area contributed by atoms with Gasteiger partial charge in [-0.15, -0.1) is 0 Å². The molecule has 0 aliphatic heterocycles. The summed E-state index contributed by atoms with van der Waals surface area (Å²) in [4.78, 5) is 0. The van der Waals surface area contributed by atoms with Crippen LogP contribution in [0.1, 0.15) is 23.1 Å². The summed E-state index contributed by atoms with van der Waals surface area (Å²) in [7, 11) is -0.705. The molecule has 78 valence electrons. The van der Waals surface area contributed by atoms with E-state index in [0.29, 0.717) is 12.1 Å². The zero-order valence-corrected chi connectivity index (χ0v) is 10.5. The molecule has 0 bridgehead atoms. The first kappa shape index (κ1) is 11.5. The molecule has 0 heterocycles. The molecule has 0 radical (unpaired) electrons. The highest BCUT2D eigenvalue weighted by Gasteiger charge is 2.15. The third kappa shape index (κ3) is 2.96. The molecule has 0 amide bonds. The Kier molecular flexibility index (Phi) is 4.36. The molecule has 0 saturated heterocycles. The van der Waals surface area contributed by atoms with Crippen molar-refractivity contribution in [2.24, 2.45) is 0 Å². The lowest BCUT2D eigenvalue weighted by atomic mass is 10.1. The molecule has 1 aromatic rings. The second kappa shape index (κ2) is 5.32. The van der Waals surface area contributed by atoms with E-state index in [1.165, 1.54) is 11.1 Å². The summed E-state index contributed by atoms with van der Waals surface area (Å²) in [6.45, 7) is 7.11. The molecule has 0 aliphatic rings. The molecule has 1 atom stereocenters. The number of aryl methyl sites for hydroxylation is 1. The molecule has 0 spiro atoms. The third-order valence-corrected chi connectivity index (χ3v) is 5.08. The Labute approximate surface area is 88.4 Å². The summed E-state index contributed by atoms with van der Waals surface area (Å²) in [5.41, 5.74) is 3.34. The first-order chi connectivity index (χ1) is 6.65. The van der Waals surface area contributed by atoms with E-state index in [4.69, 9.17) is 5.11 Å². The Morgan fingerprint density at radius 1 is 1.21 bits per heavy atom. The van der Waals surface area contributed by atoms with E-state index in [-0.39, 0.29) is 0 Å². The van der Waals surface area contributed by atoms with Crippen LogP contribution in [0.5, 0.6) is 0 Å². The highest BCUT2D eigenvalue weighted by atomic mass is 28.3. The maximum Gasteiger partial charge on any atom is 0.0434 e. The van der Waals surface area contributed by atoms with E-state index in [9.17, 15) is 0 Å². The van der Waals surface area contributed by atoms with Crippen LogP contribution in [0.3, 0.4) is 0 Å². The van der Waals surface area contributed by atoms with Crippen LogP contribution >= 0.6 is 0 Å². The van der Waals surface area contributed by atoms with E-state index >= 15 is 0 Å². The molecule has 0 saturated carbocycles. The van der Waals surface area contributed by atoms with Gasteiger partial charge in [0.05, 0.1) is 0 Å². The van der Waals surface area contributed by atoms with Gasteiger partial charge in [-0.25, -0.2) is 0 Å². The second-order valence-corrected chi connectivity index (χ2v) is 7.57. The van der Waals surface area contributed by atoms with Gasteiger partial charge in [0, 0.05) is 15.4 Å². The summed E-state index contributed by atoms with van der Waals surface area (Å²) < 4.78 is 0. The largest absolute Gasteiger partial charge is 0.396 e. The SMILES string of the molecule is Cc1ccc(C(CCO)[SiH](C)C)cc1. The van der Waals surface area contributed by atoms with Crippen LogP contribution in [0.25, 0.3) is 0 Å². The van der Waals surface area contributed by atoms with Crippen LogP contribution in [0.4, 0.5) is 0 Å². The Bertz CT molecular complexity index is 266. The van der Waals surface area contributed by atoms with Crippen molar-refractivity contribution in [3.8, 4) is 0 Å². The normalized spacial score (nSPS) is 13.2. The van der Waals surface area contributed by atoms with Gasteiger partial charge in [-0.2, -0.15) is 0 Å². The van der Waals surface area contributed by atoms with E-state index in [1.807, 2.05) is 0 Å². The van der Waals surface area contributed by atoms with Crippen LogP contribution in [0.2, 0.25) is 13.1 Å². The first-order valence-electron chi connectivity index (χ1n) is 5.32. The number of hydrogen-bond acceptors (Lipinski definition) is 1. The lowest BCUT2D eigenvalue weighted by Gasteiger charge is -2.19. The second-order valence-electron chi connectivity index (χ2n) is 4.27. The summed E-state index contributed by atoms with van der Waals surface area (Å²) in [5.74, 6) is 0. The van der Waals surface area contributed by atoms with Gasteiger partial charge in [-0.05, 0) is 24.4 Å². The molecular formula is C12H20OSi. The van der Waals surface area contributed by atoms with Gasteiger partial charge >= 0.3 is 0 Å². The quantitative estimate of drug-likeness (QED) is 0.754. The van der Waals surface area contributed by atoms with Crippen molar-refractivity contribution in [2.45, 2.75) is 32.0 Å². The number of benzene rings is 1. The molecule has 0 aromatic heterocycles. The van der Waals surface area contributed by atoms with Crippen molar-refractivity contribution in [1.82, 2.24) is 0 Å². The molecule has 1 nitrogen and oxygen atoms in total. The van der Waals surface area contributed by atoms with E-state index < -0.39 is 8.80 Å². The highest BCUT2D eigenvalue weighted by Crippen LogP contribution is 2.22.